The van der Waals surface area contributed by atoms with Crippen LogP contribution in [-0.2, 0) is 9.53 Å². The summed E-state index contributed by atoms with van der Waals surface area (Å²) in [6.45, 7) is 2.12. The maximum Gasteiger partial charge on any atom is 0.332 e. The van der Waals surface area contributed by atoms with Crippen LogP contribution in [0.2, 0.25) is 0 Å². The molecule has 1 N–H and O–H groups in total. The third kappa shape index (κ3) is 4.38. The van der Waals surface area contributed by atoms with E-state index in [2.05, 4.69) is 5.32 Å². The Bertz CT molecular complexity index is 633. The monoisotopic (exact) mass is 297 g/mol. The number of hydrogen-bond donors (Lipinski definition) is 1. The maximum atomic E-state index is 11.8. The summed E-state index contributed by atoms with van der Waals surface area (Å²) in [6, 6.07) is 17.1. The van der Waals surface area contributed by atoms with Gasteiger partial charge < -0.3 is 14.8 Å². The Morgan fingerprint density at radius 2 is 1.77 bits per heavy atom. The van der Waals surface area contributed by atoms with Gasteiger partial charge in [-0.05, 0) is 48.9 Å². The van der Waals surface area contributed by atoms with Crippen molar-refractivity contribution in [3.8, 4) is 5.75 Å². The van der Waals surface area contributed by atoms with E-state index in [0.717, 1.165) is 17.0 Å². The zero-order chi connectivity index (χ0) is 15.8. The minimum atomic E-state index is -0.378. The van der Waals surface area contributed by atoms with Crippen molar-refractivity contribution in [1.82, 2.24) is 0 Å². The Labute approximate surface area is 130 Å². The summed E-state index contributed by atoms with van der Waals surface area (Å²) in [7, 11) is 1.62. The van der Waals surface area contributed by atoms with Crippen molar-refractivity contribution in [3.63, 3.8) is 0 Å². The largest absolute Gasteiger partial charge is 0.497 e. The molecular weight excluding hydrogens is 278 g/mol. The molecule has 0 atom stereocenters. The number of hydrogen-bond acceptors (Lipinski definition) is 4. The van der Waals surface area contributed by atoms with Crippen molar-refractivity contribution in [2.45, 2.75) is 6.92 Å². The smallest absolute Gasteiger partial charge is 0.332 e. The predicted molar refractivity (Wildman–Crippen MR) is 87.7 cm³/mol. The van der Waals surface area contributed by atoms with Crippen LogP contribution in [0.3, 0.4) is 0 Å². The number of carbonyl (C=O) groups excluding carboxylic acids is 1. The van der Waals surface area contributed by atoms with Crippen LogP contribution in [0.15, 0.2) is 60.7 Å². The van der Waals surface area contributed by atoms with Gasteiger partial charge in [0.15, 0.2) is 0 Å². The number of anilines is 1. The summed E-state index contributed by atoms with van der Waals surface area (Å²) < 4.78 is 10.2. The molecule has 0 unspecified atom stereocenters. The molecule has 0 aliphatic rings. The normalized spacial score (nSPS) is 10.9. The van der Waals surface area contributed by atoms with Crippen LogP contribution < -0.4 is 10.1 Å². The molecule has 4 heteroatoms. The third-order valence-corrected chi connectivity index (χ3v) is 3.00. The molecular formula is C18H19NO3. The second-order valence-electron chi connectivity index (χ2n) is 4.53. The molecule has 0 bridgehead atoms. The molecule has 0 saturated carbocycles. The summed E-state index contributed by atoms with van der Waals surface area (Å²) in [5.41, 5.74) is 2.44. The fourth-order valence-electron chi connectivity index (χ4n) is 1.94. The molecule has 2 aromatic rings. The van der Waals surface area contributed by atoms with Crippen LogP contribution in [0, 0.1) is 0 Å². The van der Waals surface area contributed by atoms with Gasteiger partial charge >= 0.3 is 5.97 Å². The first-order chi connectivity index (χ1) is 10.7. The molecule has 0 radical (unpaired) electrons. The van der Waals surface area contributed by atoms with Crippen molar-refractivity contribution in [2.75, 3.05) is 19.0 Å². The number of benzene rings is 2. The molecule has 114 valence electrons. The first kappa shape index (κ1) is 15.6. The Kier molecular flexibility index (Phi) is 5.60. The summed E-state index contributed by atoms with van der Waals surface area (Å²) in [4.78, 5) is 11.8. The highest BCUT2D eigenvalue weighted by Gasteiger charge is 2.07. The highest BCUT2D eigenvalue weighted by Crippen LogP contribution is 2.21. The molecule has 0 saturated heterocycles. The first-order valence-electron chi connectivity index (χ1n) is 7.08. The van der Waals surface area contributed by atoms with Gasteiger partial charge in [-0.2, -0.15) is 0 Å². The number of methoxy groups -OCH3 is 1. The van der Waals surface area contributed by atoms with Gasteiger partial charge in [-0.15, -0.1) is 0 Å². The number of esters is 1. The second kappa shape index (κ2) is 7.88. The molecule has 0 aromatic heterocycles. The van der Waals surface area contributed by atoms with Gasteiger partial charge in [0.2, 0.25) is 0 Å². The van der Waals surface area contributed by atoms with Crippen LogP contribution in [0.4, 0.5) is 5.69 Å². The summed E-state index contributed by atoms with van der Waals surface area (Å²) in [6.07, 6.45) is 1.46. The Balaban J connectivity index is 2.29. The number of para-hydroxylation sites is 1. The third-order valence-electron chi connectivity index (χ3n) is 3.00. The fraction of sp³-hybridized carbons (Fsp3) is 0.167. The lowest BCUT2D eigenvalue weighted by atomic mass is 10.1. The Hall–Kier alpha value is -2.75. The number of carbonyl (C=O) groups is 1. The van der Waals surface area contributed by atoms with Crippen molar-refractivity contribution in [3.05, 3.63) is 66.2 Å². The summed E-state index contributed by atoms with van der Waals surface area (Å²) in [5, 5.41) is 3.24. The SMILES string of the molecule is CCOC(=O)/C=C(\Nc1ccccc1)c1ccc(OC)cc1. The van der Waals surface area contributed by atoms with Crippen LogP contribution >= 0.6 is 0 Å². The van der Waals surface area contributed by atoms with Crippen molar-refractivity contribution < 1.29 is 14.3 Å². The molecule has 4 nitrogen and oxygen atoms in total. The van der Waals surface area contributed by atoms with Gasteiger partial charge in [-0.1, -0.05) is 18.2 Å². The highest BCUT2D eigenvalue weighted by molar-refractivity contribution is 5.94. The van der Waals surface area contributed by atoms with Gasteiger partial charge in [0.25, 0.3) is 0 Å². The molecule has 0 fully saturated rings. The van der Waals surface area contributed by atoms with Crippen molar-refractivity contribution in [1.29, 1.82) is 0 Å². The van der Waals surface area contributed by atoms with E-state index < -0.39 is 0 Å². The summed E-state index contributed by atoms with van der Waals surface area (Å²) in [5.74, 6) is 0.385. The zero-order valence-electron chi connectivity index (χ0n) is 12.7. The van der Waals surface area contributed by atoms with Crippen LogP contribution in [0.25, 0.3) is 5.70 Å². The lowest BCUT2D eigenvalue weighted by Gasteiger charge is -2.12. The zero-order valence-corrected chi connectivity index (χ0v) is 12.7. The van der Waals surface area contributed by atoms with E-state index in [1.54, 1.807) is 14.0 Å². The lowest BCUT2D eigenvalue weighted by Crippen LogP contribution is -2.06. The van der Waals surface area contributed by atoms with Gasteiger partial charge in [0, 0.05) is 11.8 Å². The second-order valence-corrected chi connectivity index (χ2v) is 4.53. The van der Waals surface area contributed by atoms with Gasteiger partial charge in [0.05, 0.1) is 19.4 Å². The van der Waals surface area contributed by atoms with E-state index in [-0.39, 0.29) is 5.97 Å². The maximum absolute atomic E-state index is 11.8. The number of rotatable bonds is 6. The first-order valence-corrected chi connectivity index (χ1v) is 7.08. The number of nitrogens with one attached hydrogen (secondary N) is 1. The average Bonchev–Trinajstić information content (AvgIpc) is 2.55. The molecule has 0 aliphatic heterocycles. The summed E-state index contributed by atoms with van der Waals surface area (Å²) >= 11 is 0. The Morgan fingerprint density at radius 1 is 1.09 bits per heavy atom. The average molecular weight is 297 g/mol. The van der Waals surface area contributed by atoms with Crippen LogP contribution in [0.1, 0.15) is 12.5 Å². The molecule has 22 heavy (non-hydrogen) atoms. The van der Waals surface area contributed by atoms with Crippen molar-refractivity contribution >= 4 is 17.4 Å². The lowest BCUT2D eigenvalue weighted by molar-refractivity contribution is -0.137. The van der Waals surface area contributed by atoms with Gasteiger partial charge in [0.1, 0.15) is 5.75 Å². The standard InChI is InChI=1S/C18H19NO3/c1-3-22-18(20)13-17(19-15-7-5-4-6-8-15)14-9-11-16(21-2)12-10-14/h4-13,19H,3H2,1-2H3/b17-13-. The van der Waals surface area contributed by atoms with E-state index in [1.165, 1.54) is 6.08 Å². The highest BCUT2D eigenvalue weighted by atomic mass is 16.5. The molecule has 0 aliphatic carbocycles. The quantitative estimate of drug-likeness (QED) is 0.652. The van der Waals surface area contributed by atoms with E-state index in [4.69, 9.17) is 9.47 Å². The molecule has 0 heterocycles. The van der Waals surface area contributed by atoms with Crippen molar-refractivity contribution in [2.24, 2.45) is 0 Å². The van der Waals surface area contributed by atoms with Gasteiger partial charge in [-0.25, -0.2) is 4.79 Å². The van der Waals surface area contributed by atoms with Crippen LogP contribution in [0.5, 0.6) is 5.75 Å². The molecule has 0 amide bonds. The number of ether oxygens (including phenoxy) is 2. The molecule has 0 spiro atoms. The molecule has 2 aromatic carbocycles. The van der Waals surface area contributed by atoms with E-state index >= 15 is 0 Å². The van der Waals surface area contributed by atoms with E-state index in [1.807, 2.05) is 54.6 Å². The topological polar surface area (TPSA) is 47.6 Å². The van der Waals surface area contributed by atoms with Gasteiger partial charge in [-0.3, -0.25) is 0 Å². The Morgan fingerprint density at radius 3 is 2.36 bits per heavy atom. The van der Waals surface area contributed by atoms with E-state index in [0.29, 0.717) is 12.3 Å². The fourth-order valence-corrected chi connectivity index (χ4v) is 1.94. The molecule has 2 rings (SSSR count). The van der Waals surface area contributed by atoms with E-state index in [9.17, 15) is 4.79 Å². The predicted octanol–water partition coefficient (Wildman–Crippen LogP) is 3.71. The minimum absolute atomic E-state index is 0.344. The van der Waals surface area contributed by atoms with Crippen LogP contribution in [-0.4, -0.2) is 19.7 Å². The minimum Gasteiger partial charge on any atom is -0.497 e.